The molecule has 0 unspecified atom stereocenters. The maximum absolute atomic E-state index is 13.0. The van der Waals surface area contributed by atoms with Crippen molar-refractivity contribution in [3.05, 3.63) is 41.3 Å². The molecule has 0 bridgehead atoms. The van der Waals surface area contributed by atoms with Crippen LogP contribution in [-0.2, 0) is 34.2 Å². The Balaban J connectivity index is 1.34. The van der Waals surface area contributed by atoms with Gasteiger partial charge in [-0.25, -0.2) is 23.1 Å². The number of benzene rings is 1. The molecule has 1 N–H and O–H groups in total. The minimum atomic E-state index is -3.70. The molecule has 1 aromatic carbocycles. The molecule has 30 heavy (non-hydrogen) atoms. The minimum Gasteiger partial charge on any atom is -0.357 e. The SMILES string of the molecule is O=C1CCc2cc(S(=O)(=O)NCc3nccc(N4CCCCC4)n3)cc3c2N1CC3. The Morgan fingerprint density at radius 1 is 1.00 bits per heavy atom. The van der Waals surface area contributed by atoms with Crippen LogP contribution in [0.3, 0.4) is 0 Å². The highest BCUT2D eigenvalue weighted by Crippen LogP contribution is 2.38. The van der Waals surface area contributed by atoms with E-state index in [4.69, 9.17) is 0 Å². The molecule has 0 atom stereocenters. The Kier molecular flexibility index (Phi) is 4.94. The number of sulfonamides is 1. The molecule has 3 aliphatic rings. The second-order valence-electron chi connectivity index (χ2n) is 8.09. The molecule has 0 spiro atoms. The van der Waals surface area contributed by atoms with E-state index < -0.39 is 10.0 Å². The maximum Gasteiger partial charge on any atom is 0.240 e. The van der Waals surface area contributed by atoms with Gasteiger partial charge in [-0.2, -0.15) is 0 Å². The van der Waals surface area contributed by atoms with Crippen LogP contribution in [0.15, 0.2) is 29.3 Å². The van der Waals surface area contributed by atoms with Crippen molar-refractivity contribution in [2.24, 2.45) is 0 Å². The lowest BCUT2D eigenvalue weighted by molar-refractivity contribution is -0.118. The smallest absolute Gasteiger partial charge is 0.240 e. The number of anilines is 2. The van der Waals surface area contributed by atoms with Crippen LogP contribution in [0.25, 0.3) is 0 Å². The van der Waals surface area contributed by atoms with Crippen molar-refractivity contribution >= 4 is 27.4 Å². The third-order valence-corrected chi connectivity index (χ3v) is 7.51. The predicted molar refractivity (Wildman–Crippen MR) is 113 cm³/mol. The van der Waals surface area contributed by atoms with Gasteiger partial charge in [0.15, 0.2) is 0 Å². The van der Waals surface area contributed by atoms with Crippen molar-refractivity contribution in [3.63, 3.8) is 0 Å². The van der Waals surface area contributed by atoms with Gasteiger partial charge in [-0.05, 0) is 61.4 Å². The fourth-order valence-corrected chi connectivity index (χ4v) is 5.68. The zero-order valence-corrected chi connectivity index (χ0v) is 17.6. The summed E-state index contributed by atoms with van der Waals surface area (Å²) in [5.41, 5.74) is 2.79. The minimum absolute atomic E-state index is 0.0427. The number of carbonyl (C=O) groups excluding carboxylic acids is 1. The Morgan fingerprint density at radius 2 is 1.77 bits per heavy atom. The summed E-state index contributed by atoms with van der Waals surface area (Å²) in [7, 11) is -3.70. The van der Waals surface area contributed by atoms with E-state index in [2.05, 4.69) is 19.6 Å². The van der Waals surface area contributed by atoms with Crippen LogP contribution in [0.4, 0.5) is 11.5 Å². The summed E-state index contributed by atoms with van der Waals surface area (Å²) < 4.78 is 28.6. The zero-order chi connectivity index (χ0) is 20.7. The average Bonchev–Trinajstić information content (AvgIpc) is 3.21. The van der Waals surface area contributed by atoms with Crippen molar-refractivity contribution in [1.82, 2.24) is 14.7 Å². The molecule has 0 aliphatic carbocycles. The molecule has 1 aromatic heterocycles. The fraction of sp³-hybridized carbons (Fsp3) is 0.476. The van der Waals surface area contributed by atoms with Gasteiger partial charge in [-0.3, -0.25) is 4.79 Å². The van der Waals surface area contributed by atoms with Gasteiger partial charge >= 0.3 is 0 Å². The van der Waals surface area contributed by atoms with Crippen LogP contribution in [0, 0.1) is 0 Å². The number of aryl methyl sites for hydroxylation is 1. The monoisotopic (exact) mass is 427 g/mol. The molecule has 2 aromatic rings. The molecule has 0 radical (unpaired) electrons. The Labute approximate surface area is 176 Å². The fourth-order valence-electron chi connectivity index (χ4n) is 4.60. The van der Waals surface area contributed by atoms with Gasteiger partial charge in [-0.1, -0.05) is 0 Å². The van der Waals surface area contributed by atoms with E-state index in [1.54, 1.807) is 23.2 Å². The topological polar surface area (TPSA) is 95.5 Å². The molecule has 3 aliphatic heterocycles. The predicted octanol–water partition coefficient (Wildman–Crippen LogP) is 1.78. The van der Waals surface area contributed by atoms with Gasteiger partial charge < -0.3 is 9.80 Å². The van der Waals surface area contributed by atoms with Gasteiger partial charge in [0.25, 0.3) is 0 Å². The summed E-state index contributed by atoms with van der Waals surface area (Å²) in [6.45, 7) is 2.62. The summed E-state index contributed by atoms with van der Waals surface area (Å²) in [5.74, 6) is 1.44. The summed E-state index contributed by atoms with van der Waals surface area (Å²) in [6, 6.07) is 5.28. The van der Waals surface area contributed by atoms with Gasteiger partial charge in [0.2, 0.25) is 15.9 Å². The molecule has 0 saturated carbocycles. The van der Waals surface area contributed by atoms with E-state index in [0.29, 0.717) is 31.6 Å². The highest BCUT2D eigenvalue weighted by molar-refractivity contribution is 7.89. The van der Waals surface area contributed by atoms with Crippen molar-refractivity contribution in [2.75, 3.05) is 29.4 Å². The van der Waals surface area contributed by atoms with Gasteiger partial charge in [0, 0.05) is 32.3 Å². The van der Waals surface area contributed by atoms with Crippen LogP contribution in [0.5, 0.6) is 0 Å². The Bertz CT molecular complexity index is 1100. The summed E-state index contributed by atoms with van der Waals surface area (Å²) in [5, 5.41) is 0. The first-order valence-corrected chi connectivity index (χ1v) is 12.0. The molecule has 8 nitrogen and oxygen atoms in total. The van der Waals surface area contributed by atoms with Crippen molar-refractivity contribution < 1.29 is 13.2 Å². The van der Waals surface area contributed by atoms with Gasteiger partial charge in [0.05, 0.1) is 17.1 Å². The van der Waals surface area contributed by atoms with Crippen LogP contribution < -0.4 is 14.5 Å². The van der Waals surface area contributed by atoms with E-state index in [1.165, 1.54) is 6.42 Å². The summed E-state index contributed by atoms with van der Waals surface area (Å²) >= 11 is 0. The van der Waals surface area contributed by atoms with Crippen LogP contribution in [0.1, 0.15) is 42.6 Å². The van der Waals surface area contributed by atoms with Gasteiger partial charge in [-0.15, -0.1) is 0 Å². The Hall–Kier alpha value is -2.52. The number of amides is 1. The number of nitrogens with zero attached hydrogens (tertiary/aromatic N) is 4. The van der Waals surface area contributed by atoms with E-state index in [1.807, 2.05) is 6.07 Å². The second kappa shape index (κ2) is 7.63. The highest BCUT2D eigenvalue weighted by Gasteiger charge is 2.32. The normalized spacial score (nSPS) is 18.6. The summed E-state index contributed by atoms with van der Waals surface area (Å²) in [4.78, 5) is 25.1. The van der Waals surface area contributed by atoms with Crippen molar-refractivity contribution in [2.45, 2.75) is 50.0 Å². The first kappa shape index (κ1) is 19.4. The van der Waals surface area contributed by atoms with Crippen LogP contribution >= 0.6 is 0 Å². The molecule has 1 saturated heterocycles. The number of nitrogens with one attached hydrogen (secondary N) is 1. The van der Waals surface area contributed by atoms with Crippen LogP contribution in [-0.4, -0.2) is 43.9 Å². The lowest BCUT2D eigenvalue weighted by Gasteiger charge is -2.27. The number of carbonyl (C=O) groups is 1. The number of piperidine rings is 1. The highest BCUT2D eigenvalue weighted by atomic mass is 32.2. The third-order valence-electron chi connectivity index (χ3n) is 6.13. The standard InChI is InChI=1S/C21H25N5O3S/c27-20-5-4-15-12-17(13-16-7-11-26(20)21(15)16)30(28,29)23-14-18-22-8-6-19(24-18)25-9-2-1-3-10-25/h6,8,12-13,23H,1-5,7,9-11,14H2. The molecule has 1 fully saturated rings. The lowest BCUT2D eigenvalue weighted by Crippen LogP contribution is -2.33. The van der Waals surface area contributed by atoms with E-state index in [0.717, 1.165) is 48.6 Å². The number of rotatable bonds is 5. The number of aromatic nitrogens is 2. The summed E-state index contributed by atoms with van der Waals surface area (Å²) in [6.07, 6.45) is 6.93. The molecule has 9 heteroatoms. The van der Waals surface area contributed by atoms with E-state index in [9.17, 15) is 13.2 Å². The Morgan fingerprint density at radius 3 is 2.57 bits per heavy atom. The molecule has 5 rings (SSSR count). The first-order valence-electron chi connectivity index (χ1n) is 10.5. The molecule has 4 heterocycles. The molecule has 1 amide bonds. The molecular formula is C21H25N5O3S. The van der Waals surface area contributed by atoms with Crippen molar-refractivity contribution in [1.29, 1.82) is 0 Å². The average molecular weight is 428 g/mol. The van der Waals surface area contributed by atoms with Crippen LogP contribution in [0.2, 0.25) is 0 Å². The third kappa shape index (κ3) is 3.56. The molecule has 158 valence electrons. The maximum atomic E-state index is 13.0. The second-order valence-corrected chi connectivity index (χ2v) is 9.86. The lowest BCUT2D eigenvalue weighted by atomic mass is 10.00. The first-order chi connectivity index (χ1) is 14.5. The quantitative estimate of drug-likeness (QED) is 0.782. The van der Waals surface area contributed by atoms with Gasteiger partial charge in [0.1, 0.15) is 11.6 Å². The molecular weight excluding hydrogens is 402 g/mol. The zero-order valence-electron chi connectivity index (χ0n) is 16.8. The largest absolute Gasteiger partial charge is 0.357 e. The van der Waals surface area contributed by atoms with E-state index in [-0.39, 0.29) is 17.3 Å². The number of hydrogen-bond donors (Lipinski definition) is 1. The van der Waals surface area contributed by atoms with E-state index >= 15 is 0 Å². The van der Waals surface area contributed by atoms with Crippen molar-refractivity contribution in [3.8, 4) is 0 Å². The number of hydrogen-bond acceptors (Lipinski definition) is 6.